The molecular weight excluding hydrogens is 268 g/mol. The zero-order chi connectivity index (χ0) is 14.4. The maximum Gasteiger partial charge on any atom is 0.0406 e. The molecule has 1 fully saturated rings. The number of benzene rings is 1. The first-order valence-electron chi connectivity index (χ1n) is 7.91. The van der Waals surface area contributed by atoms with Gasteiger partial charge in [0, 0.05) is 23.7 Å². The summed E-state index contributed by atoms with van der Waals surface area (Å²) in [4.78, 5) is 2.70. The van der Waals surface area contributed by atoms with Crippen molar-refractivity contribution in [1.29, 1.82) is 0 Å². The maximum atomic E-state index is 5.96. The minimum absolute atomic E-state index is 0.584. The first kappa shape index (κ1) is 15.8. The number of hydrogen-bond donors (Lipinski definition) is 1. The first-order valence-corrected chi connectivity index (χ1v) is 8.29. The van der Waals surface area contributed by atoms with Crippen LogP contribution in [0.15, 0.2) is 24.3 Å². The van der Waals surface area contributed by atoms with Crippen molar-refractivity contribution in [3.63, 3.8) is 0 Å². The predicted octanol–water partition coefficient (Wildman–Crippen LogP) is 3.74. The molecule has 1 aromatic carbocycles. The fourth-order valence-corrected chi connectivity index (χ4v) is 3.34. The molecule has 0 radical (unpaired) electrons. The molecule has 1 N–H and O–H groups in total. The van der Waals surface area contributed by atoms with Crippen LogP contribution in [0.2, 0.25) is 5.02 Å². The van der Waals surface area contributed by atoms with Gasteiger partial charge >= 0.3 is 0 Å². The minimum atomic E-state index is 0.584. The van der Waals surface area contributed by atoms with E-state index in [1.54, 1.807) is 0 Å². The molecule has 1 heterocycles. The molecular formula is C17H27ClN2. The third kappa shape index (κ3) is 4.47. The van der Waals surface area contributed by atoms with Gasteiger partial charge in [0.2, 0.25) is 0 Å². The molecule has 1 saturated heterocycles. The molecule has 1 aliphatic heterocycles. The van der Waals surface area contributed by atoms with Crippen molar-refractivity contribution >= 4 is 11.6 Å². The molecule has 112 valence electrons. The molecule has 2 nitrogen and oxygen atoms in total. The summed E-state index contributed by atoms with van der Waals surface area (Å²) >= 11 is 5.96. The van der Waals surface area contributed by atoms with Crippen LogP contribution in [0, 0.1) is 0 Å². The van der Waals surface area contributed by atoms with E-state index in [1.165, 1.54) is 37.9 Å². The van der Waals surface area contributed by atoms with Crippen LogP contribution in [0.3, 0.4) is 0 Å². The molecule has 3 heteroatoms. The standard InChI is InChI=1S/C17H27ClN2/c1-3-11-20(17-5-4-10-19-13-17)14(2)12-15-6-8-16(18)9-7-15/h6-9,14,17,19H,3-5,10-13H2,1-2H3. The van der Waals surface area contributed by atoms with Gasteiger partial charge in [-0.25, -0.2) is 0 Å². The quantitative estimate of drug-likeness (QED) is 0.860. The lowest BCUT2D eigenvalue weighted by molar-refractivity contribution is 0.120. The molecule has 20 heavy (non-hydrogen) atoms. The Bertz CT molecular complexity index is 384. The van der Waals surface area contributed by atoms with Gasteiger partial charge < -0.3 is 5.32 Å². The molecule has 1 aliphatic rings. The minimum Gasteiger partial charge on any atom is -0.315 e. The highest BCUT2D eigenvalue weighted by Crippen LogP contribution is 2.18. The number of rotatable bonds is 6. The molecule has 2 unspecified atom stereocenters. The van der Waals surface area contributed by atoms with Crippen LogP contribution < -0.4 is 5.32 Å². The topological polar surface area (TPSA) is 15.3 Å². The fraction of sp³-hybridized carbons (Fsp3) is 0.647. The highest BCUT2D eigenvalue weighted by molar-refractivity contribution is 6.30. The van der Waals surface area contributed by atoms with Crippen LogP contribution in [0.1, 0.15) is 38.7 Å². The summed E-state index contributed by atoms with van der Waals surface area (Å²) in [6.07, 6.45) is 4.96. The van der Waals surface area contributed by atoms with E-state index in [2.05, 4.69) is 36.2 Å². The van der Waals surface area contributed by atoms with E-state index in [9.17, 15) is 0 Å². The van der Waals surface area contributed by atoms with Crippen LogP contribution in [0.5, 0.6) is 0 Å². The Morgan fingerprint density at radius 2 is 2.10 bits per heavy atom. The second-order valence-electron chi connectivity index (χ2n) is 5.92. The van der Waals surface area contributed by atoms with Gasteiger partial charge in [-0.05, 0) is 63.4 Å². The monoisotopic (exact) mass is 294 g/mol. The SMILES string of the molecule is CCCN(C(C)Cc1ccc(Cl)cc1)C1CCCNC1. The van der Waals surface area contributed by atoms with Gasteiger partial charge in [-0.3, -0.25) is 4.90 Å². The first-order chi connectivity index (χ1) is 9.70. The second-order valence-corrected chi connectivity index (χ2v) is 6.35. The molecule has 0 saturated carbocycles. The highest BCUT2D eigenvalue weighted by Gasteiger charge is 2.24. The van der Waals surface area contributed by atoms with Crippen molar-refractivity contribution in [3.05, 3.63) is 34.9 Å². The third-order valence-electron chi connectivity index (χ3n) is 4.23. The predicted molar refractivity (Wildman–Crippen MR) is 87.5 cm³/mol. The number of piperidine rings is 1. The van der Waals surface area contributed by atoms with Crippen LogP contribution in [-0.2, 0) is 6.42 Å². The Morgan fingerprint density at radius 3 is 2.70 bits per heavy atom. The van der Waals surface area contributed by atoms with Crippen LogP contribution in [0.4, 0.5) is 0 Å². The molecule has 2 atom stereocenters. The highest BCUT2D eigenvalue weighted by atomic mass is 35.5. The van der Waals surface area contributed by atoms with Crippen molar-refractivity contribution in [3.8, 4) is 0 Å². The number of hydrogen-bond acceptors (Lipinski definition) is 2. The van der Waals surface area contributed by atoms with Gasteiger partial charge in [0.15, 0.2) is 0 Å². The van der Waals surface area contributed by atoms with Crippen LogP contribution in [-0.4, -0.2) is 36.6 Å². The van der Waals surface area contributed by atoms with Crippen molar-refractivity contribution in [2.24, 2.45) is 0 Å². The van der Waals surface area contributed by atoms with Crippen LogP contribution >= 0.6 is 11.6 Å². The second kappa shape index (κ2) is 8.02. The van der Waals surface area contributed by atoms with E-state index >= 15 is 0 Å². The van der Waals surface area contributed by atoms with Crippen molar-refractivity contribution in [1.82, 2.24) is 10.2 Å². The van der Waals surface area contributed by atoms with Gasteiger partial charge in [-0.1, -0.05) is 30.7 Å². The zero-order valence-corrected chi connectivity index (χ0v) is 13.5. The Kier molecular flexibility index (Phi) is 6.34. The molecule has 1 aromatic rings. The van der Waals surface area contributed by atoms with E-state index in [0.717, 1.165) is 18.0 Å². The fourth-order valence-electron chi connectivity index (χ4n) is 3.22. The molecule has 2 rings (SSSR count). The van der Waals surface area contributed by atoms with E-state index in [1.807, 2.05) is 12.1 Å². The summed E-state index contributed by atoms with van der Waals surface area (Å²) < 4.78 is 0. The molecule has 0 bridgehead atoms. The largest absolute Gasteiger partial charge is 0.315 e. The Hall–Kier alpha value is -0.570. The van der Waals surface area contributed by atoms with Gasteiger partial charge in [0.1, 0.15) is 0 Å². The van der Waals surface area contributed by atoms with E-state index in [0.29, 0.717) is 12.1 Å². The zero-order valence-electron chi connectivity index (χ0n) is 12.7. The van der Waals surface area contributed by atoms with Gasteiger partial charge in [-0.2, -0.15) is 0 Å². The van der Waals surface area contributed by atoms with Crippen molar-refractivity contribution < 1.29 is 0 Å². The number of halogens is 1. The average Bonchev–Trinajstić information content (AvgIpc) is 2.48. The summed E-state index contributed by atoms with van der Waals surface area (Å²) in [5.74, 6) is 0. The number of nitrogens with zero attached hydrogens (tertiary/aromatic N) is 1. The molecule has 0 amide bonds. The summed E-state index contributed by atoms with van der Waals surface area (Å²) in [6.45, 7) is 8.16. The Labute approximate surface area is 128 Å². The summed E-state index contributed by atoms with van der Waals surface area (Å²) in [5.41, 5.74) is 1.38. The van der Waals surface area contributed by atoms with E-state index in [4.69, 9.17) is 11.6 Å². The van der Waals surface area contributed by atoms with Gasteiger partial charge in [-0.15, -0.1) is 0 Å². The van der Waals surface area contributed by atoms with Crippen LogP contribution in [0.25, 0.3) is 0 Å². The van der Waals surface area contributed by atoms with Crippen molar-refractivity contribution in [2.45, 2.75) is 51.6 Å². The molecule has 0 aromatic heterocycles. The number of nitrogens with one attached hydrogen (secondary N) is 1. The third-order valence-corrected chi connectivity index (χ3v) is 4.48. The Morgan fingerprint density at radius 1 is 1.35 bits per heavy atom. The maximum absolute atomic E-state index is 5.96. The lowest BCUT2D eigenvalue weighted by Crippen LogP contribution is -2.50. The summed E-state index contributed by atoms with van der Waals surface area (Å²) in [5, 5.41) is 4.36. The van der Waals surface area contributed by atoms with Gasteiger partial charge in [0.05, 0.1) is 0 Å². The summed E-state index contributed by atoms with van der Waals surface area (Å²) in [6, 6.07) is 9.59. The molecule has 0 spiro atoms. The smallest absolute Gasteiger partial charge is 0.0406 e. The van der Waals surface area contributed by atoms with E-state index < -0.39 is 0 Å². The lowest BCUT2D eigenvalue weighted by atomic mass is 10.00. The average molecular weight is 295 g/mol. The van der Waals surface area contributed by atoms with E-state index in [-0.39, 0.29) is 0 Å². The normalized spacial score (nSPS) is 21.1. The Balaban J connectivity index is 1.98. The lowest BCUT2D eigenvalue weighted by Gasteiger charge is -2.39. The summed E-state index contributed by atoms with van der Waals surface area (Å²) in [7, 11) is 0. The molecule has 0 aliphatic carbocycles. The van der Waals surface area contributed by atoms with Gasteiger partial charge in [0.25, 0.3) is 0 Å². The van der Waals surface area contributed by atoms with Crippen molar-refractivity contribution in [2.75, 3.05) is 19.6 Å².